The topological polar surface area (TPSA) is 203 Å². The fourth-order valence-corrected chi connectivity index (χ4v) is 5.22. The van der Waals surface area contributed by atoms with Crippen molar-refractivity contribution in [1.82, 2.24) is 24.4 Å². The molecule has 15 nitrogen and oxygen atoms in total. The number of imidazole rings is 1. The number of nitrogens with one attached hydrogen (secondary N) is 2. The molecule has 1 unspecified atom stereocenters. The zero-order valence-corrected chi connectivity index (χ0v) is 21.6. The molecule has 5 N–H and O–H groups in total. The molecule has 0 spiro atoms. The van der Waals surface area contributed by atoms with Crippen molar-refractivity contribution < 1.29 is 43.3 Å². The number of aliphatic hydroxyl groups excluding tert-OH is 2. The molecular weight excluding hydrogens is 523 g/mol. The van der Waals surface area contributed by atoms with Gasteiger partial charge in [0.1, 0.15) is 36.4 Å². The van der Waals surface area contributed by atoms with Crippen molar-refractivity contribution in [2.45, 2.75) is 57.5 Å². The third-order valence-corrected chi connectivity index (χ3v) is 7.20. The summed E-state index contributed by atoms with van der Waals surface area (Å²) in [6.45, 7) is 4.28. The number of hydrogen-bond acceptors (Lipinski definition) is 12. The van der Waals surface area contributed by atoms with Crippen LogP contribution in [0.25, 0.3) is 11.2 Å². The second-order valence-corrected chi connectivity index (χ2v) is 10.5. The summed E-state index contributed by atoms with van der Waals surface area (Å²) in [4.78, 5) is 20.3. The van der Waals surface area contributed by atoms with Gasteiger partial charge in [0.05, 0.1) is 19.0 Å². The molecule has 0 saturated carbocycles. The minimum Gasteiger partial charge on any atom is -0.462 e. The summed E-state index contributed by atoms with van der Waals surface area (Å²) in [6.07, 6.45) is -3.49. The van der Waals surface area contributed by atoms with Crippen LogP contribution in [0.4, 0.5) is 0 Å². The Bertz CT molecular complexity index is 1380. The van der Waals surface area contributed by atoms with Gasteiger partial charge in [-0.25, -0.2) is 14.5 Å². The lowest BCUT2D eigenvalue weighted by molar-refractivity contribution is -0.149. The van der Waals surface area contributed by atoms with Gasteiger partial charge in [-0.3, -0.25) is 19.3 Å². The van der Waals surface area contributed by atoms with Gasteiger partial charge in [-0.1, -0.05) is 18.2 Å². The molecule has 1 saturated heterocycles. The van der Waals surface area contributed by atoms with Gasteiger partial charge in [0.15, 0.2) is 22.9 Å². The maximum atomic E-state index is 13.6. The first kappa shape index (κ1) is 27.7. The van der Waals surface area contributed by atoms with Gasteiger partial charge < -0.3 is 29.4 Å². The first-order valence-electron chi connectivity index (χ1n) is 11.7. The van der Waals surface area contributed by atoms with E-state index in [0.29, 0.717) is 4.73 Å². The summed E-state index contributed by atoms with van der Waals surface area (Å²) in [5.41, 5.74) is -0.181. The molecule has 6 atom stereocenters. The molecule has 2 aromatic heterocycles. The zero-order chi connectivity index (χ0) is 27.6. The van der Waals surface area contributed by atoms with Gasteiger partial charge >= 0.3 is 13.7 Å². The lowest BCUT2D eigenvalue weighted by Gasteiger charge is -2.25. The third kappa shape index (κ3) is 5.88. The number of benzene rings is 1. The second kappa shape index (κ2) is 11.2. The molecule has 1 aliphatic rings. The second-order valence-electron chi connectivity index (χ2n) is 8.84. The summed E-state index contributed by atoms with van der Waals surface area (Å²) in [5, 5.41) is 41.4. The van der Waals surface area contributed by atoms with Crippen molar-refractivity contribution in [3.05, 3.63) is 48.5 Å². The van der Waals surface area contributed by atoms with Crippen molar-refractivity contribution in [3.63, 3.8) is 0 Å². The smallest absolute Gasteiger partial charge is 0.459 e. The predicted octanol–water partition coefficient (Wildman–Crippen LogP) is 0.702. The number of rotatable bonds is 10. The van der Waals surface area contributed by atoms with Gasteiger partial charge in [0.25, 0.3) is 0 Å². The number of carbonyl (C=O) groups is 1. The minimum atomic E-state index is -4.23. The molecule has 206 valence electrons. The van der Waals surface area contributed by atoms with Crippen LogP contribution >= 0.6 is 7.75 Å². The molecule has 0 bridgehead atoms. The van der Waals surface area contributed by atoms with E-state index in [-0.39, 0.29) is 22.4 Å². The van der Waals surface area contributed by atoms with Crippen molar-refractivity contribution in [2.75, 3.05) is 6.61 Å². The number of nitrogens with zero attached hydrogens (tertiary/aromatic N) is 4. The van der Waals surface area contributed by atoms with Crippen molar-refractivity contribution >= 4 is 24.9 Å². The number of aromatic nitrogens is 4. The molecular formula is C22H29N6O9P. The molecule has 1 aromatic carbocycles. The molecule has 1 aliphatic heterocycles. The van der Waals surface area contributed by atoms with Crippen LogP contribution in [0.15, 0.2) is 43.0 Å². The van der Waals surface area contributed by atoms with Crippen LogP contribution in [0.1, 0.15) is 27.0 Å². The number of ether oxygens (including phenoxy) is 2. The first-order valence-corrected chi connectivity index (χ1v) is 13.2. The van der Waals surface area contributed by atoms with E-state index in [4.69, 9.17) is 23.9 Å². The Morgan fingerprint density at radius 1 is 1.18 bits per heavy atom. The molecule has 3 heterocycles. The Kier molecular flexibility index (Phi) is 8.16. The van der Waals surface area contributed by atoms with E-state index in [1.165, 1.54) is 17.8 Å². The van der Waals surface area contributed by atoms with E-state index in [1.54, 1.807) is 44.2 Å². The quantitative estimate of drug-likeness (QED) is 0.134. The number of para-hydroxylation sites is 1. The van der Waals surface area contributed by atoms with Gasteiger partial charge in [-0.2, -0.15) is 9.82 Å². The van der Waals surface area contributed by atoms with Crippen molar-refractivity contribution in [1.29, 1.82) is 5.41 Å². The van der Waals surface area contributed by atoms with Crippen LogP contribution in [-0.4, -0.2) is 77.7 Å². The molecule has 0 radical (unpaired) electrons. The fraction of sp³-hybridized carbons (Fsp3) is 0.455. The summed E-state index contributed by atoms with van der Waals surface area (Å²) in [6, 6.07) is 7.07. The Hall–Kier alpha value is -3.33. The Morgan fingerprint density at radius 2 is 1.89 bits per heavy atom. The number of hydrogen-bond donors (Lipinski definition) is 5. The minimum absolute atomic E-state index is 0.0345. The Balaban J connectivity index is 1.51. The van der Waals surface area contributed by atoms with E-state index >= 15 is 0 Å². The fourth-order valence-electron chi connectivity index (χ4n) is 3.71. The molecule has 1 fully saturated rings. The predicted molar refractivity (Wildman–Crippen MR) is 129 cm³/mol. The number of carbonyl (C=O) groups excluding carboxylic acids is 1. The zero-order valence-electron chi connectivity index (χ0n) is 20.7. The molecule has 0 amide bonds. The van der Waals surface area contributed by atoms with Crippen LogP contribution in [-0.2, 0) is 23.4 Å². The summed E-state index contributed by atoms with van der Waals surface area (Å²) in [5.74, 6) is -0.479. The maximum absolute atomic E-state index is 13.6. The molecule has 3 aromatic rings. The van der Waals surface area contributed by atoms with Gasteiger partial charge in [-0.15, -0.1) is 0 Å². The maximum Gasteiger partial charge on any atom is 0.459 e. The highest BCUT2D eigenvalue weighted by Gasteiger charge is 2.46. The molecule has 0 aliphatic carbocycles. The van der Waals surface area contributed by atoms with Crippen LogP contribution in [0, 0.1) is 5.41 Å². The normalized spacial score (nSPS) is 23.8. The highest BCUT2D eigenvalue weighted by atomic mass is 31.2. The van der Waals surface area contributed by atoms with Gasteiger partial charge in [-0.05, 0) is 32.9 Å². The van der Waals surface area contributed by atoms with Crippen LogP contribution in [0.2, 0.25) is 0 Å². The van der Waals surface area contributed by atoms with E-state index < -0.39 is 57.0 Å². The number of esters is 1. The highest BCUT2D eigenvalue weighted by molar-refractivity contribution is 7.52. The molecule has 4 rings (SSSR count). The first-order chi connectivity index (χ1) is 18.0. The average Bonchev–Trinajstić information content (AvgIpc) is 3.41. The van der Waals surface area contributed by atoms with E-state index in [1.807, 2.05) is 0 Å². The van der Waals surface area contributed by atoms with E-state index in [9.17, 15) is 24.8 Å². The number of fused-ring (bicyclic) bond motifs is 1. The van der Waals surface area contributed by atoms with Crippen LogP contribution < -0.4 is 15.1 Å². The van der Waals surface area contributed by atoms with E-state index in [0.717, 1.165) is 6.33 Å². The monoisotopic (exact) mass is 552 g/mol. The Labute approximate surface area is 216 Å². The lowest BCUT2D eigenvalue weighted by Crippen LogP contribution is -2.38. The third-order valence-electron chi connectivity index (χ3n) is 5.56. The van der Waals surface area contributed by atoms with Crippen LogP contribution in [0.3, 0.4) is 0 Å². The van der Waals surface area contributed by atoms with Gasteiger partial charge in [0, 0.05) is 0 Å². The van der Waals surface area contributed by atoms with Gasteiger partial charge in [0.2, 0.25) is 0 Å². The largest absolute Gasteiger partial charge is 0.462 e. The average molecular weight is 552 g/mol. The van der Waals surface area contributed by atoms with Crippen molar-refractivity contribution in [3.8, 4) is 5.75 Å². The molecule has 38 heavy (non-hydrogen) atoms. The standard InChI is InChI=1S/C22H29N6O9P/c1-12(2)35-22(31)13(3)26-38(33,37-14-7-5-4-6-8-14)34-9-15-17(29)18(30)21(36-15)27-10-24-16-19(23)28(32)11-25-20(16)27/h4-8,10-13,15,17-18,21,23,29-30,32H,9H2,1-3H3,(H,26,33)/t13-,15-,17-,18-,21-,38?/m1/s1. The SMILES string of the molecule is CC(C)OC(=O)[C@@H](C)NP(=O)(OC[C@H]1O[C@@H](n2cnc3c(=N)n(O)cnc32)[C@H](O)[C@@H]1O)Oc1ccccc1. The van der Waals surface area contributed by atoms with E-state index in [2.05, 4.69) is 15.1 Å². The van der Waals surface area contributed by atoms with Crippen LogP contribution in [0.5, 0.6) is 5.75 Å². The number of aliphatic hydroxyl groups is 2. The molecule has 16 heteroatoms. The summed E-state index contributed by atoms with van der Waals surface area (Å²) >= 11 is 0. The Morgan fingerprint density at radius 3 is 2.58 bits per heavy atom. The summed E-state index contributed by atoms with van der Waals surface area (Å²) < 4.78 is 37.5. The lowest BCUT2D eigenvalue weighted by atomic mass is 10.1. The summed E-state index contributed by atoms with van der Waals surface area (Å²) in [7, 11) is -4.23. The van der Waals surface area contributed by atoms with Crippen molar-refractivity contribution in [2.24, 2.45) is 0 Å². The highest BCUT2D eigenvalue weighted by Crippen LogP contribution is 2.46.